The van der Waals surface area contributed by atoms with Crippen LogP contribution in [0.5, 0.6) is 0 Å². The molecular weight excluding hydrogens is 274 g/mol. The minimum atomic E-state index is -0.227. The van der Waals surface area contributed by atoms with Gasteiger partial charge in [0.25, 0.3) is 0 Å². The topological polar surface area (TPSA) is 40.5 Å². The number of aliphatic hydroxyl groups excluding tert-OH is 1. The van der Waals surface area contributed by atoms with Crippen LogP contribution in [-0.4, -0.2) is 35.6 Å². The smallest absolute Gasteiger partial charge is 0.226 e. The maximum atomic E-state index is 12.6. The van der Waals surface area contributed by atoms with Crippen LogP contribution in [0.25, 0.3) is 0 Å². The van der Waals surface area contributed by atoms with Crippen molar-refractivity contribution in [3.63, 3.8) is 0 Å². The Bertz CT molecular complexity index is 542. The first kappa shape index (κ1) is 15.5. The number of hydrogen-bond acceptors (Lipinski definition) is 2. The molecule has 3 nitrogen and oxygen atoms in total. The highest BCUT2D eigenvalue weighted by atomic mass is 16.3. The van der Waals surface area contributed by atoms with E-state index in [-0.39, 0.29) is 23.8 Å². The van der Waals surface area contributed by atoms with Crippen molar-refractivity contribution in [2.24, 2.45) is 11.8 Å². The van der Waals surface area contributed by atoms with E-state index in [1.54, 1.807) is 0 Å². The lowest BCUT2D eigenvalue weighted by atomic mass is 9.86. The summed E-state index contributed by atoms with van der Waals surface area (Å²) >= 11 is 0. The summed E-state index contributed by atoms with van der Waals surface area (Å²) < 4.78 is 0. The first-order valence-electron chi connectivity index (χ1n) is 8.56. The molecule has 1 N–H and O–H groups in total. The lowest BCUT2D eigenvalue weighted by Gasteiger charge is -2.31. The van der Waals surface area contributed by atoms with Crippen LogP contribution in [0.1, 0.15) is 49.1 Å². The van der Waals surface area contributed by atoms with Gasteiger partial charge in [-0.15, -0.1) is 0 Å². The fourth-order valence-corrected chi connectivity index (χ4v) is 3.94. The van der Waals surface area contributed by atoms with E-state index in [2.05, 4.69) is 31.2 Å². The molecule has 120 valence electrons. The molecule has 2 aliphatic carbocycles. The number of amides is 1. The van der Waals surface area contributed by atoms with Crippen molar-refractivity contribution >= 4 is 5.91 Å². The zero-order valence-electron chi connectivity index (χ0n) is 13.7. The molecule has 1 aromatic carbocycles. The maximum absolute atomic E-state index is 12.6. The van der Waals surface area contributed by atoms with E-state index >= 15 is 0 Å². The van der Waals surface area contributed by atoms with Crippen LogP contribution in [0, 0.1) is 18.8 Å². The molecule has 2 saturated carbocycles. The second kappa shape index (κ2) is 6.41. The van der Waals surface area contributed by atoms with Crippen LogP contribution in [0.4, 0.5) is 0 Å². The zero-order chi connectivity index (χ0) is 15.7. The SMILES string of the molecule is Cc1ccccc1C1CC1C(=O)N(C)CC1CCCCC1O. The second-order valence-electron chi connectivity index (χ2n) is 7.14. The molecule has 0 aliphatic heterocycles. The van der Waals surface area contributed by atoms with Gasteiger partial charge in [-0.3, -0.25) is 4.79 Å². The van der Waals surface area contributed by atoms with Crippen molar-refractivity contribution in [1.29, 1.82) is 0 Å². The van der Waals surface area contributed by atoms with E-state index in [0.717, 1.165) is 25.7 Å². The summed E-state index contributed by atoms with van der Waals surface area (Å²) in [6.07, 6.45) is 4.98. The van der Waals surface area contributed by atoms with Crippen LogP contribution >= 0.6 is 0 Å². The summed E-state index contributed by atoms with van der Waals surface area (Å²) in [5.74, 6) is 1.06. The Hall–Kier alpha value is -1.35. The van der Waals surface area contributed by atoms with Crippen LogP contribution in [0.15, 0.2) is 24.3 Å². The van der Waals surface area contributed by atoms with Gasteiger partial charge >= 0.3 is 0 Å². The Morgan fingerprint density at radius 2 is 2.00 bits per heavy atom. The monoisotopic (exact) mass is 301 g/mol. The molecule has 0 heterocycles. The molecule has 3 rings (SSSR count). The van der Waals surface area contributed by atoms with Crippen LogP contribution in [0.2, 0.25) is 0 Å². The molecule has 22 heavy (non-hydrogen) atoms. The van der Waals surface area contributed by atoms with Gasteiger partial charge in [0.1, 0.15) is 0 Å². The number of nitrogens with zero attached hydrogens (tertiary/aromatic N) is 1. The molecule has 4 unspecified atom stereocenters. The van der Waals surface area contributed by atoms with Crippen molar-refractivity contribution in [3.8, 4) is 0 Å². The number of aryl methyl sites for hydroxylation is 1. The van der Waals surface area contributed by atoms with E-state index in [9.17, 15) is 9.90 Å². The highest BCUT2D eigenvalue weighted by Gasteiger charge is 2.46. The molecule has 0 spiro atoms. The van der Waals surface area contributed by atoms with Crippen LogP contribution in [0.3, 0.4) is 0 Å². The van der Waals surface area contributed by atoms with E-state index in [4.69, 9.17) is 0 Å². The lowest BCUT2D eigenvalue weighted by Crippen LogP contribution is -2.38. The Balaban J connectivity index is 1.57. The Kier molecular flexibility index (Phi) is 4.53. The van der Waals surface area contributed by atoms with Crippen molar-refractivity contribution < 1.29 is 9.90 Å². The molecule has 3 heteroatoms. The highest BCUT2D eigenvalue weighted by Crippen LogP contribution is 2.49. The van der Waals surface area contributed by atoms with Gasteiger partial charge < -0.3 is 10.0 Å². The van der Waals surface area contributed by atoms with Gasteiger partial charge in [-0.05, 0) is 43.2 Å². The number of carbonyl (C=O) groups excluding carboxylic acids is 1. The van der Waals surface area contributed by atoms with Gasteiger partial charge in [-0.2, -0.15) is 0 Å². The first-order chi connectivity index (χ1) is 10.6. The summed E-state index contributed by atoms with van der Waals surface area (Å²) in [6.45, 7) is 2.83. The molecule has 0 saturated heterocycles. The summed E-state index contributed by atoms with van der Waals surface area (Å²) in [5.41, 5.74) is 2.61. The molecule has 1 aromatic rings. The third-order valence-electron chi connectivity index (χ3n) is 5.45. The second-order valence-corrected chi connectivity index (χ2v) is 7.14. The summed E-state index contributed by atoms with van der Waals surface area (Å²) in [4.78, 5) is 14.5. The highest BCUT2D eigenvalue weighted by molar-refractivity contribution is 5.83. The van der Waals surface area contributed by atoms with Crippen molar-refractivity contribution in [2.45, 2.75) is 51.0 Å². The number of aliphatic hydroxyl groups is 1. The number of rotatable bonds is 4. The zero-order valence-corrected chi connectivity index (χ0v) is 13.7. The average Bonchev–Trinajstić information content (AvgIpc) is 3.29. The largest absolute Gasteiger partial charge is 0.393 e. The minimum absolute atomic E-state index is 0.145. The van der Waals surface area contributed by atoms with E-state index in [1.807, 2.05) is 11.9 Å². The summed E-state index contributed by atoms with van der Waals surface area (Å²) in [7, 11) is 1.90. The van der Waals surface area contributed by atoms with Gasteiger partial charge in [0.05, 0.1) is 6.10 Å². The van der Waals surface area contributed by atoms with Gasteiger partial charge in [0.15, 0.2) is 0 Å². The fourth-order valence-electron chi connectivity index (χ4n) is 3.94. The molecule has 4 atom stereocenters. The van der Waals surface area contributed by atoms with Crippen molar-refractivity contribution in [3.05, 3.63) is 35.4 Å². The molecule has 2 aliphatic rings. The maximum Gasteiger partial charge on any atom is 0.226 e. The predicted octanol–water partition coefficient (Wildman–Crippen LogP) is 3.11. The lowest BCUT2D eigenvalue weighted by molar-refractivity contribution is -0.132. The van der Waals surface area contributed by atoms with E-state index in [0.29, 0.717) is 12.5 Å². The molecule has 2 fully saturated rings. The number of benzene rings is 1. The molecule has 1 amide bonds. The van der Waals surface area contributed by atoms with Crippen LogP contribution < -0.4 is 0 Å². The number of carbonyl (C=O) groups is 1. The molecule has 0 aromatic heterocycles. The quantitative estimate of drug-likeness (QED) is 0.928. The van der Waals surface area contributed by atoms with Crippen molar-refractivity contribution in [1.82, 2.24) is 4.90 Å². The first-order valence-corrected chi connectivity index (χ1v) is 8.56. The van der Waals surface area contributed by atoms with Crippen molar-refractivity contribution in [2.75, 3.05) is 13.6 Å². The van der Waals surface area contributed by atoms with Gasteiger partial charge in [0, 0.05) is 25.4 Å². The third-order valence-corrected chi connectivity index (χ3v) is 5.45. The van der Waals surface area contributed by atoms with Gasteiger partial charge in [-0.1, -0.05) is 37.1 Å². The molecular formula is C19H27NO2. The van der Waals surface area contributed by atoms with Gasteiger partial charge in [-0.25, -0.2) is 0 Å². The molecule has 0 bridgehead atoms. The number of hydrogen-bond donors (Lipinski definition) is 1. The van der Waals surface area contributed by atoms with E-state index < -0.39 is 0 Å². The predicted molar refractivity (Wildman–Crippen MR) is 87.6 cm³/mol. The third kappa shape index (κ3) is 3.19. The van der Waals surface area contributed by atoms with Gasteiger partial charge in [0.2, 0.25) is 5.91 Å². The summed E-state index contributed by atoms with van der Waals surface area (Å²) in [6, 6.07) is 8.38. The van der Waals surface area contributed by atoms with Crippen LogP contribution in [-0.2, 0) is 4.79 Å². The Morgan fingerprint density at radius 3 is 2.73 bits per heavy atom. The standard InChI is InChI=1S/C19H27NO2/c1-13-7-3-5-9-15(13)16-11-17(16)19(22)20(2)12-14-8-4-6-10-18(14)21/h3,5,7,9,14,16-18,21H,4,6,8,10-12H2,1-2H3. The summed E-state index contributed by atoms with van der Waals surface area (Å²) in [5, 5.41) is 10.1. The normalized spacial score (nSPS) is 30.9. The Labute approximate surface area is 133 Å². The molecule has 0 radical (unpaired) electrons. The Morgan fingerprint density at radius 1 is 1.27 bits per heavy atom. The average molecular weight is 301 g/mol. The van der Waals surface area contributed by atoms with E-state index in [1.165, 1.54) is 17.5 Å². The minimum Gasteiger partial charge on any atom is -0.393 e. The fraction of sp³-hybridized carbons (Fsp3) is 0.632.